The minimum Gasteiger partial charge on any atom is -0.368 e. The van der Waals surface area contributed by atoms with Crippen molar-refractivity contribution in [3.05, 3.63) is 18.1 Å². The minimum atomic E-state index is 0.421. The second-order valence-corrected chi connectivity index (χ2v) is 2.79. The number of hydrogen-bond donors (Lipinski definition) is 1. The van der Waals surface area contributed by atoms with Crippen LogP contribution in [-0.4, -0.2) is 16.0 Å². The van der Waals surface area contributed by atoms with E-state index in [4.69, 9.17) is 0 Å². The minimum absolute atomic E-state index is 0.421. The summed E-state index contributed by atoms with van der Waals surface area (Å²) in [6, 6.07) is 2.29. The van der Waals surface area contributed by atoms with Crippen LogP contribution in [0.3, 0.4) is 0 Å². The molecule has 0 atom stereocenters. The highest BCUT2D eigenvalue weighted by atomic mass is 15.0. The van der Waals surface area contributed by atoms with Crippen LogP contribution in [0.4, 0.5) is 5.82 Å². The van der Waals surface area contributed by atoms with E-state index >= 15 is 0 Å². The summed E-state index contributed by atoms with van der Waals surface area (Å²) in [6.45, 7) is 6.04. The van der Waals surface area contributed by atoms with Crippen LogP contribution in [-0.2, 0) is 0 Å². The van der Waals surface area contributed by atoms with Gasteiger partial charge < -0.3 is 5.32 Å². The van der Waals surface area contributed by atoms with Crippen molar-refractivity contribution in [2.45, 2.75) is 26.8 Å². The molecular weight excluding hydrogens is 138 g/mol. The molecule has 0 spiro atoms. The van der Waals surface area contributed by atoms with Crippen LogP contribution in [0.15, 0.2) is 12.3 Å². The molecule has 1 N–H and O–H groups in total. The molecule has 0 saturated heterocycles. The zero-order valence-corrected chi connectivity index (χ0v) is 7.13. The molecule has 0 unspecified atom stereocenters. The summed E-state index contributed by atoms with van der Waals surface area (Å²) in [7, 11) is 0. The van der Waals surface area contributed by atoms with Crippen molar-refractivity contribution in [1.29, 1.82) is 0 Å². The van der Waals surface area contributed by atoms with Crippen molar-refractivity contribution >= 4 is 5.82 Å². The van der Waals surface area contributed by atoms with Gasteiger partial charge in [0.2, 0.25) is 0 Å². The van der Waals surface area contributed by atoms with Crippen LogP contribution in [0, 0.1) is 6.92 Å². The summed E-state index contributed by atoms with van der Waals surface area (Å²) in [5.41, 5.74) is 0. The largest absolute Gasteiger partial charge is 0.368 e. The van der Waals surface area contributed by atoms with Crippen molar-refractivity contribution < 1.29 is 0 Å². The Labute approximate surface area is 66.9 Å². The smallest absolute Gasteiger partial charge is 0.129 e. The number of nitrogens with one attached hydrogen (secondary N) is 1. The highest BCUT2D eigenvalue weighted by molar-refractivity contribution is 5.33. The average molecular weight is 151 g/mol. The molecule has 0 amide bonds. The van der Waals surface area contributed by atoms with Gasteiger partial charge in [0.15, 0.2) is 0 Å². The Morgan fingerprint density at radius 2 is 2.18 bits per heavy atom. The molecule has 11 heavy (non-hydrogen) atoms. The molecule has 0 bridgehead atoms. The first-order valence-electron chi connectivity index (χ1n) is 3.74. The van der Waals surface area contributed by atoms with Crippen LogP contribution in [0.1, 0.15) is 19.7 Å². The molecule has 0 saturated carbocycles. The predicted molar refractivity (Wildman–Crippen MR) is 45.5 cm³/mol. The van der Waals surface area contributed by atoms with E-state index in [1.807, 2.05) is 13.0 Å². The maximum atomic E-state index is 4.19. The summed E-state index contributed by atoms with van der Waals surface area (Å²) in [6.07, 6.45) is 1.76. The molecule has 0 aliphatic carbocycles. The van der Waals surface area contributed by atoms with E-state index in [1.54, 1.807) is 6.20 Å². The molecule has 0 aliphatic rings. The van der Waals surface area contributed by atoms with Gasteiger partial charge in [-0.25, -0.2) is 9.97 Å². The fourth-order valence-electron chi connectivity index (χ4n) is 0.832. The number of aryl methyl sites for hydroxylation is 1. The van der Waals surface area contributed by atoms with Crippen LogP contribution < -0.4 is 5.32 Å². The van der Waals surface area contributed by atoms with Gasteiger partial charge in [0.25, 0.3) is 0 Å². The zero-order chi connectivity index (χ0) is 8.27. The molecule has 1 heterocycles. The molecule has 0 fully saturated rings. The quantitative estimate of drug-likeness (QED) is 0.697. The maximum absolute atomic E-state index is 4.19. The lowest BCUT2D eigenvalue weighted by atomic mass is 10.4. The number of aromatic nitrogens is 2. The standard InChI is InChI=1S/C8H13N3/c1-6(2)10-8-4-5-9-7(3)11-8/h4-6H,1-3H3,(H,9,10,11). The van der Waals surface area contributed by atoms with Crippen LogP contribution >= 0.6 is 0 Å². The van der Waals surface area contributed by atoms with Crippen molar-refractivity contribution in [3.63, 3.8) is 0 Å². The fourth-order valence-corrected chi connectivity index (χ4v) is 0.832. The third-order valence-corrected chi connectivity index (χ3v) is 1.21. The third kappa shape index (κ3) is 2.53. The van der Waals surface area contributed by atoms with Gasteiger partial charge in [0.05, 0.1) is 0 Å². The average Bonchev–Trinajstić information content (AvgIpc) is 1.85. The van der Waals surface area contributed by atoms with Gasteiger partial charge in [-0.3, -0.25) is 0 Å². The number of nitrogens with zero attached hydrogens (tertiary/aromatic N) is 2. The first-order chi connectivity index (χ1) is 5.18. The summed E-state index contributed by atoms with van der Waals surface area (Å²) < 4.78 is 0. The summed E-state index contributed by atoms with van der Waals surface area (Å²) >= 11 is 0. The van der Waals surface area contributed by atoms with E-state index in [0.717, 1.165) is 11.6 Å². The molecule has 1 aromatic rings. The number of hydrogen-bond acceptors (Lipinski definition) is 3. The number of anilines is 1. The Morgan fingerprint density at radius 3 is 2.73 bits per heavy atom. The van der Waals surface area contributed by atoms with Crippen molar-refractivity contribution in [2.24, 2.45) is 0 Å². The van der Waals surface area contributed by atoms with Crippen molar-refractivity contribution in [1.82, 2.24) is 9.97 Å². The Bertz CT molecular complexity index is 233. The molecule has 0 aromatic carbocycles. The monoisotopic (exact) mass is 151 g/mol. The predicted octanol–water partition coefficient (Wildman–Crippen LogP) is 1.61. The Kier molecular flexibility index (Phi) is 2.41. The first kappa shape index (κ1) is 7.98. The van der Waals surface area contributed by atoms with E-state index in [2.05, 4.69) is 29.1 Å². The van der Waals surface area contributed by atoms with Gasteiger partial charge in [-0.2, -0.15) is 0 Å². The van der Waals surface area contributed by atoms with E-state index in [1.165, 1.54) is 0 Å². The second-order valence-electron chi connectivity index (χ2n) is 2.79. The van der Waals surface area contributed by atoms with E-state index in [9.17, 15) is 0 Å². The lowest BCUT2D eigenvalue weighted by Gasteiger charge is -2.07. The topological polar surface area (TPSA) is 37.8 Å². The molecule has 1 rings (SSSR count). The fraction of sp³-hybridized carbons (Fsp3) is 0.500. The Balaban J connectivity index is 2.71. The number of rotatable bonds is 2. The lowest BCUT2D eigenvalue weighted by molar-refractivity contribution is 0.880. The molecular formula is C8H13N3. The summed E-state index contributed by atoms with van der Waals surface area (Å²) in [4.78, 5) is 8.19. The first-order valence-corrected chi connectivity index (χ1v) is 3.74. The lowest BCUT2D eigenvalue weighted by Crippen LogP contribution is -2.11. The van der Waals surface area contributed by atoms with Crippen LogP contribution in [0.2, 0.25) is 0 Å². The van der Waals surface area contributed by atoms with Gasteiger partial charge in [-0.15, -0.1) is 0 Å². The highest BCUT2D eigenvalue weighted by Crippen LogP contribution is 2.02. The van der Waals surface area contributed by atoms with Gasteiger partial charge >= 0.3 is 0 Å². The second kappa shape index (κ2) is 3.32. The van der Waals surface area contributed by atoms with E-state index in [-0.39, 0.29) is 0 Å². The van der Waals surface area contributed by atoms with Crippen molar-refractivity contribution in [2.75, 3.05) is 5.32 Å². The zero-order valence-electron chi connectivity index (χ0n) is 7.13. The molecule has 3 nitrogen and oxygen atoms in total. The SMILES string of the molecule is Cc1nccc(NC(C)C)n1. The van der Waals surface area contributed by atoms with Crippen LogP contribution in [0.5, 0.6) is 0 Å². The van der Waals surface area contributed by atoms with Gasteiger partial charge in [-0.1, -0.05) is 0 Å². The van der Waals surface area contributed by atoms with Gasteiger partial charge in [-0.05, 0) is 26.8 Å². The maximum Gasteiger partial charge on any atom is 0.129 e. The normalized spacial score (nSPS) is 10.2. The van der Waals surface area contributed by atoms with Gasteiger partial charge in [0, 0.05) is 12.2 Å². The summed E-state index contributed by atoms with van der Waals surface area (Å²) in [5.74, 6) is 1.70. The third-order valence-electron chi connectivity index (χ3n) is 1.21. The molecule has 60 valence electrons. The Morgan fingerprint density at radius 1 is 1.45 bits per heavy atom. The Hall–Kier alpha value is -1.12. The van der Waals surface area contributed by atoms with E-state index in [0.29, 0.717) is 6.04 Å². The molecule has 0 aliphatic heterocycles. The molecule has 3 heteroatoms. The summed E-state index contributed by atoms with van der Waals surface area (Å²) in [5, 5.41) is 3.19. The molecule has 1 aromatic heterocycles. The van der Waals surface area contributed by atoms with E-state index < -0.39 is 0 Å². The van der Waals surface area contributed by atoms with Crippen molar-refractivity contribution in [3.8, 4) is 0 Å². The highest BCUT2D eigenvalue weighted by Gasteiger charge is 1.95. The van der Waals surface area contributed by atoms with Crippen LogP contribution in [0.25, 0.3) is 0 Å². The molecule has 0 radical (unpaired) electrons. The van der Waals surface area contributed by atoms with Gasteiger partial charge in [0.1, 0.15) is 11.6 Å².